The molecule has 3 rings (SSSR count). The first kappa shape index (κ1) is 22.2. The maximum absolute atomic E-state index is 12.8. The minimum Gasteiger partial charge on any atom is -0.324 e. The van der Waals surface area contributed by atoms with Crippen LogP contribution in [0.1, 0.15) is 19.7 Å². The summed E-state index contributed by atoms with van der Waals surface area (Å²) in [6.07, 6.45) is 0. The lowest BCUT2D eigenvalue weighted by Crippen LogP contribution is -2.39. The van der Waals surface area contributed by atoms with E-state index >= 15 is 0 Å². The van der Waals surface area contributed by atoms with Gasteiger partial charge in [-0.15, -0.1) is 0 Å². The van der Waals surface area contributed by atoms with Crippen LogP contribution in [0.3, 0.4) is 0 Å². The molecule has 1 amide bonds. The van der Waals surface area contributed by atoms with Crippen molar-refractivity contribution in [2.45, 2.75) is 32.3 Å². The second-order valence-electron chi connectivity index (χ2n) is 7.24. The zero-order chi connectivity index (χ0) is 22.0. The van der Waals surface area contributed by atoms with Crippen LogP contribution in [0.15, 0.2) is 43.4 Å². The summed E-state index contributed by atoms with van der Waals surface area (Å²) in [6.45, 7) is 6.09. The minimum absolute atomic E-state index is 0.0549. The Morgan fingerprint density at radius 3 is 2.60 bits per heavy atom. The molecule has 0 unspecified atom stereocenters. The van der Waals surface area contributed by atoms with E-state index in [0.717, 1.165) is 20.8 Å². The van der Waals surface area contributed by atoms with Crippen molar-refractivity contribution in [1.82, 2.24) is 19.1 Å². The highest BCUT2D eigenvalue weighted by Gasteiger charge is 2.19. The molecule has 0 bridgehead atoms. The zero-order valence-electron chi connectivity index (χ0n) is 17.1. The molecule has 0 radical (unpaired) electrons. The summed E-state index contributed by atoms with van der Waals surface area (Å²) in [6, 6.07) is 7.31. The molecule has 158 valence electrons. The number of halogens is 1. The van der Waals surface area contributed by atoms with E-state index < -0.39 is 11.2 Å². The SMILES string of the molecule is Cc1nc(SCC(=O)Nc2ccccc2Br)c2c(=O)n(C)c(=O)n(CC(C)C)c2n1. The molecule has 8 nitrogen and oxygen atoms in total. The molecule has 30 heavy (non-hydrogen) atoms. The second-order valence-corrected chi connectivity index (χ2v) is 9.06. The average Bonchev–Trinajstić information content (AvgIpc) is 2.69. The van der Waals surface area contributed by atoms with Gasteiger partial charge in [-0.05, 0) is 40.9 Å². The summed E-state index contributed by atoms with van der Waals surface area (Å²) < 4.78 is 3.34. The molecule has 0 atom stereocenters. The number of benzene rings is 1. The summed E-state index contributed by atoms with van der Waals surface area (Å²) in [5.74, 6) is 0.439. The molecule has 0 aliphatic rings. The van der Waals surface area contributed by atoms with Gasteiger partial charge in [0, 0.05) is 18.1 Å². The number of aromatic nitrogens is 4. The molecule has 0 saturated heterocycles. The number of rotatable bonds is 6. The molecular formula is C20H22BrN5O3S. The van der Waals surface area contributed by atoms with Gasteiger partial charge in [-0.3, -0.25) is 18.7 Å². The molecule has 0 aliphatic heterocycles. The summed E-state index contributed by atoms with van der Waals surface area (Å²) in [7, 11) is 1.44. The molecule has 10 heteroatoms. The Morgan fingerprint density at radius 2 is 1.93 bits per heavy atom. The number of carbonyl (C=O) groups is 1. The summed E-state index contributed by atoms with van der Waals surface area (Å²) in [5, 5.41) is 3.47. The fourth-order valence-electron chi connectivity index (χ4n) is 2.96. The smallest absolute Gasteiger partial charge is 0.324 e. The molecule has 0 aliphatic carbocycles. The third kappa shape index (κ3) is 4.65. The molecule has 0 saturated carbocycles. The van der Waals surface area contributed by atoms with Gasteiger partial charge in [-0.1, -0.05) is 37.7 Å². The number of nitrogens with one attached hydrogen (secondary N) is 1. The van der Waals surface area contributed by atoms with Crippen LogP contribution in [0.2, 0.25) is 0 Å². The number of anilines is 1. The lowest BCUT2D eigenvalue weighted by atomic mass is 10.2. The zero-order valence-corrected chi connectivity index (χ0v) is 19.5. The van der Waals surface area contributed by atoms with E-state index in [9.17, 15) is 14.4 Å². The number of aryl methyl sites for hydroxylation is 1. The van der Waals surface area contributed by atoms with Crippen molar-refractivity contribution >= 4 is 50.3 Å². The highest BCUT2D eigenvalue weighted by molar-refractivity contribution is 9.10. The molecule has 1 N–H and O–H groups in total. The Hall–Kier alpha value is -2.46. The number of para-hydroxylation sites is 1. The first-order valence-corrected chi connectivity index (χ1v) is 11.1. The van der Waals surface area contributed by atoms with Crippen molar-refractivity contribution in [2.75, 3.05) is 11.1 Å². The van der Waals surface area contributed by atoms with E-state index in [1.165, 1.54) is 11.6 Å². The van der Waals surface area contributed by atoms with E-state index in [4.69, 9.17) is 0 Å². The van der Waals surface area contributed by atoms with Gasteiger partial charge < -0.3 is 5.32 Å². The lowest BCUT2D eigenvalue weighted by Gasteiger charge is -2.15. The predicted octanol–water partition coefficient (Wildman–Crippen LogP) is 2.95. The van der Waals surface area contributed by atoms with Crippen molar-refractivity contribution in [1.29, 1.82) is 0 Å². The highest BCUT2D eigenvalue weighted by atomic mass is 79.9. The Labute approximate surface area is 185 Å². The molecule has 2 heterocycles. The van der Waals surface area contributed by atoms with Gasteiger partial charge in [-0.25, -0.2) is 14.8 Å². The number of fused-ring (bicyclic) bond motifs is 1. The van der Waals surface area contributed by atoms with Crippen LogP contribution >= 0.6 is 27.7 Å². The van der Waals surface area contributed by atoms with Gasteiger partial charge in [-0.2, -0.15) is 0 Å². The average molecular weight is 492 g/mol. The molecule has 3 aromatic rings. The van der Waals surface area contributed by atoms with Crippen LogP contribution in [0.4, 0.5) is 5.69 Å². The molecule has 0 spiro atoms. The van der Waals surface area contributed by atoms with Gasteiger partial charge in [0.05, 0.1) is 11.4 Å². The van der Waals surface area contributed by atoms with Crippen molar-refractivity contribution < 1.29 is 4.79 Å². The highest BCUT2D eigenvalue weighted by Crippen LogP contribution is 2.24. The van der Waals surface area contributed by atoms with E-state index in [1.54, 1.807) is 13.0 Å². The Balaban J connectivity index is 1.99. The van der Waals surface area contributed by atoms with Gasteiger partial charge in [0.1, 0.15) is 16.2 Å². The fourth-order valence-corrected chi connectivity index (χ4v) is 4.20. The molecular weight excluding hydrogens is 470 g/mol. The topological polar surface area (TPSA) is 98.9 Å². The van der Waals surface area contributed by atoms with E-state index in [2.05, 4.69) is 31.2 Å². The van der Waals surface area contributed by atoms with E-state index in [1.807, 2.05) is 32.0 Å². The lowest BCUT2D eigenvalue weighted by molar-refractivity contribution is -0.113. The number of hydrogen-bond donors (Lipinski definition) is 1. The maximum Gasteiger partial charge on any atom is 0.332 e. The summed E-state index contributed by atoms with van der Waals surface area (Å²) >= 11 is 4.54. The van der Waals surface area contributed by atoms with Gasteiger partial charge in [0.15, 0.2) is 5.65 Å². The second kappa shape index (κ2) is 9.13. The van der Waals surface area contributed by atoms with Crippen LogP contribution < -0.4 is 16.6 Å². The number of nitrogens with zero attached hydrogens (tertiary/aromatic N) is 4. The first-order chi connectivity index (χ1) is 14.2. The van der Waals surface area contributed by atoms with E-state index in [0.29, 0.717) is 28.7 Å². The van der Waals surface area contributed by atoms with Gasteiger partial charge >= 0.3 is 5.69 Å². The van der Waals surface area contributed by atoms with Crippen molar-refractivity contribution in [3.63, 3.8) is 0 Å². The molecule has 0 fully saturated rings. The Bertz CT molecular complexity index is 1240. The Morgan fingerprint density at radius 1 is 1.23 bits per heavy atom. The predicted molar refractivity (Wildman–Crippen MR) is 122 cm³/mol. The largest absolute Gasteiger partial charge is 0.332 e. The van der Waals surface area contributed by atoms with Crippen LogP contribution in [0.5, 0.6) is 0 Å². The van der Waals surface area contributed by atoms with Crippen LogP contribution in [0.25, 0.3) is 11.0 Å². The number of thioether (sulfide) groups is 1. The standard InChI is InChI=1S/C20H22BrN5O3S/c1-11(2)9-26-17-16(19(28)25(4)20(26)29)18(23-12(3)22-17)30-10-15(27)24-14-8-6-5-7-13(14)21/h5-8,11H,9-10H2,1-4H3,(H,24,27). The molecule has 2 aromatic heterocycles. The third-order valence-electron chi connectivity index (χ3n) is 4.30. The summed E-state index contributed by atoms with van der Waals surface area (Å²) in [5.41, 5.74) is 0.0807. The normalized spacial score (nSPS) is 11.3. The van der Waals surface area contributed by atoms with Crippen LogP contribution in [0, 0.1) is 12.8 Å². The van der Waals surface area contributed by atoms with Crippen LogP contribution in [-0.4, -0.2) is 30.8 Å². The van der Waals surface area contributed by atoms with Gasteiger partial charge in [0.2, 0.25) is 5.91 Å². The maximum atomic E-state index is 12.8. The summed E-state index contributed by atoms with van der Waals surface area (Å²) in [4.78, 5) is 46.7. The van der Waals surface area contributed by atoms with Crippen molar-refractivity contribution in [3.8, 4) is 0 Å². The third-order valence-corrected chi connectivity index (χ3v) is 5.96. The number of amides is 1. The van der Waals surface area contributed by atoms with Crippen molar-refractivity contribution in [3.05, 3.63) is 55.4 Å². The Kier molecular flexibility index (Phi) is 6.77. The minimum atomic E-state index is -0.469. The van der Waals surface area contributed by atoms with Crippen molar-refractivity contribution in [2.24, 2.45) is 13.0 Å². The monoisotopic (exact) mass is 491 g/mol. The number of carbonyl (C=O) groups excluding carboxylic acids is 1. The van der Waals surface area contributed by atoms with Gasteiger partial charge in [0.25, 0.3) is 5.56 Å². The number of hydrogen-bond acceptors (Lipinski definition) is 6. The van der Waals surface area contributed by atoms with E-state index in [-0.39, 0.29) is 23.0 Å². The van der Waals surface area contributed by atoms with Crippen LogP contribution in [-0.2, 0) is 18.4 Å². The first-order valence-electron chi connectivity index (χ1n) is 9.34. The molecule has 1 aromatic carbocycles. The fraction of sp³-hybridized carbons (Fsp3) is 0.350. The quantitative estimate of drug-likeness (QED) is 0.420.